The molecule has 16 heavy (non-hydrogen) atoms. The maximum Gasteiger partial charge on any atom is 0.159 e. The largest absolute Gasteiger partial charge is 0.296 e. The van der Waals surface area contributed by atoms with Gasteiger partial charge in [-0.1, -0.05) is 22.0 Å². The zero-order chi connectivity index (χ0) is 12.3. The summed E-state index contributed by atoms with van der Waals surface area (Å²) < 4.78 is 25.7. The van der Waals surface area contributed by atoms with Gasteiger partial charge in [0.15, 0.2) is 11.6 Å². The van der Waals surface area contributed by atoms with E-state index in [0.29, 0.717) is 6.54 Å². The van der Waals surface area contributed by atoms with Crippen molar-refractivity contribution in [2.75, 3.05) is 12.4 Å². The Morgan fingerprint density at radius 2 is 1.88 bits per heavy atom. The predicted molar refractivity (Wildman–Crippen MR) is 65.7 cm³/mol. The van der Waals surface area contributed by atoms with Crippen molar-refractivity contribution >= 4 is 15.9 Å². The number of rotatable bonds is 4. The van der Waals surface area contributed by atoms with Crippen LogP contribution in [-0.4, -0.2) is 22.8 Å². The maximum absolute atomic E-state index is 13.0. The van der Waals surface area contributed by atoms with Gasteiger partial charge in [-0.3, -0.25) is 4.90 Å². The SMILES string of the molecule is CN(Cc1ccc(F)c(F)c1)C(C)(C)CBr. The molecule has 0 heterocycles. The van der Waals surface area contributed by atoms with Gasteiger partial charge in [0, 0.05) is 17.4 Å². The Morgan fingerprint density at radius 3 is 2.38 bits per heavy atom. The number of alkyl halides is 1. The van der Waals surface area contributed by atoms with E-state index in [1.54, 1.807) is 6.07 Å². The molecule has 0 saturated heterocycles. The van der Waals surface area contributed by atoms with Gasteiger partial charge in [-0.15, -0.1) is 0 Å². The molecule has 0 radical (unpaired) electrons. The normalized spacial score (nSPS) is 12.2. The Labute approximate surface area is 104 Å². The molecule has 0 N–H and O–H groups in total. The smallest absolute Gasteiger partial charge is 0.159 e. The van der Waals surface area contributed by atoms with E-state index in [1.807, 2.05) is 7.05 Å². The van der Waals surface area contributed by atoms with E-state index in [9.17, 15) is 8.78 Å². The summed E-state index contributed by atoms with van der Waals surface area (Å²) >= 11 is 3.44. The van der Waals surface area contributed by atoms with Crippen LogP contribution in [0.4, 0.5) is 8.78 Å². The summed E-state index contributed by atoms with van der Waals surface area (Å²) in [6.45, 7) is 4.76. The first kappa shape index (κ1) is 13.6. The predicted octanol–water partition coefficient (Wildman–Crippen LogP) is 3.57. The summed E-state index contributed by atoms with van der Waals surface area (Å²) in [4.78, 5) is 2.09. The zero-order valence-electron chi connectivity index (χ0n) is 9.73. The van der Waals surface area contributed by atoms with Crippen LogP contribution in [0.1, 0.15) is 19.4 Å². The summed E-state index contributed by atoms with van der Waals surface area (Å²) in [6.07, 6.45) is 0. The lowest BCUT2D eigenvalue weighted by Gasteiger charge is -2.34. The van der Waals surface area contributed by atoms with Gasteiger partial charge in [-0.05, 0) is 38.6 Å². The van der Waals surface area contributed by atoms with Crippen LogP contribution < -0.4 is 0 Å². The monoisotopic (exact) mass is 291 g/mol. The molecule has 0 fully saturated rings. The van der Waals surface area contributed by atoms with Gasteiger partial charge in [0.2, 0.25) is 0 Å². The van der Waals surface area contributed by atoms with Crippen LogP contribution >= 0.6 is 15.9 Å². The Hall–Kier alpha value is -0.480. The fourth-order valence-electron chi connectivity index (χ4n) is 1.23. The van der Waals surface area contributed by atoms with Gasteiger partial charge < -0.3 is 0 Å². The fourth-order valence-corrected chi connectivity index (χ4v) is 1.66. The van der Waals surface area contributed by atoms with Gasteiger partial charge in [-0.25, -0.2) is 8.78 Å². The van der Waals surface area contributed by atoms with Crippen LogP contribution in [0, 0.1) is 11.6 Å². The minimum absolute atomic E-state index is 0.0230. The highest BCUT2D eigenvalue weighted by Gasteiger charge is 2.22. The first-order chi connectivity index (χ1) is 7.36. The van der Waals surface area contributed by atoms with E-state index < -0.39 is 11.6 Å². The molecular weight excluding hydrogens is 276 g/mol. The highest BCUT2D eigenvalue weighted by atomic mass is 79.9. The minimum Gasteiger partial charge on any atom is -0.296 e. The van der Waals surface area contributed by atoms with Crippen LogP contribution in [0.15, 0.2) is 18.2 Å². The topological polar surface area (TPSA) is 3.24 Å². The second-order valence-electron chi connectivity index (χ2n) is 4.55. The molecule has 0 atom stereocenters. The van der Waals surface area contributed by atoms with Crippen LogP contribution in [0.2, 0.25) is 0 Å². The van der Waals surface area contributed by atoms with E-state index >= 15 is 0 Å². The van der Waals surface area contributed by atoms with Crippen molar-refractivity contribution in [3.05, 3.63) is 35.4 Å². The number of hydrogen-bond donors (Lipinski definition) is 0. The van der Waals surface area contributed by atoms with Gasteiger partial charge in [0.25, 0.3) is 0 Å². The Bertz CT molecular complexity index is 366. The summed E-state index contributed by atoms with van der Waals surface area (Å²) in [5, 5.41) is 0.820. The van der Waals surface area contributed by atoms with Crippen molar-refractivity contribution in [2.24, 2.45) is 0 Å². The number of benzene rings is 1. The standard InChI is InChI=1S/C12H16BrF2N/c1-12(2,8-13)16(3)7-9-4-5-10(14)11(15)6-9/h4-6H,7-8H2,1-3H3. The van der Waals surface area contributed by atoms with E-state index in [0.717, 1.165) is 10.9 Å². The fraction of sp³-hybridized carbons (Fsp3) is 0.500. The summed E-state index contributed by atoms with van der Waals surface area (Å²) in [5.74, 6) is -1.59. The molecule has 0 bridgehead atoms. The highest BCUT2D eigenvalue weighted by Crippen LogP contribution is 2.19. The summed E-state index contributed by atoms with van der Waals surface area (Å²) in [5.41, 5.74) is 0.751. The van der Waals surface area contributed by atoms with E-state index in [4.69, 9.17) is 0 Å². The molecule has 0 aromatic heterocycles. The molecule has 1 nitrogen and oxygen atoms in total. The van der Waals surface area contributed by atoms with Gasteiger partial charge in [0.05, 0.1) is 0 Å². The van der Waals surface area contributed by atoms with Crippen molar-refractivity contribution in [1.82, 2.24) is 4.90 Å². The molecule has 4 heteroatoms. The molecule has 1 rings (SSSR count). The first-order valence-corrected chi connectivity index (χ1v) is 6.20. The van der Waals surface area contributed by atoms with Gasteiger partial charge in [0.1, 0.15) is 0 Å². The van der Waals surface area contributed by atoms with E-state index in [2.05, 4.69) is 34.7 Å². The van der Waals surface area contributed by atoms with Gasteiger partial charge in [-0.2, -0.15) is 0 Å². The second kappa shape index (κ2) is 5.23. The Balaban J connectivity index is 2.77. The molecule has 0 amide bonds. The van der Waals surface area contributed by atoms with Crippen LogP contribution in [0.25, 0.3) is 0 Å². The average Bonchev–Trinajstić information content (AvgIpc) is 2.23. The molecule has 0 aliphatic heterocycles. The molecule has 1 aromatic rings. The maximum atomic E-state index is 13.0. The highest BCUT2D eigenvalue weighted by molar-refractivity contribution is 9.09. The molecular formula is C12H16BrF2N. The van der Waals surface area contributed by atoms with Gasteiger partial charge >= 0.3 is 0 Å². The summed E-state index contributed by atoms with van der Waals surface area (Å²) in [6, 6.07) is 4.02. The third-order valence-electron chi connectivity index (χ3n) is 2.76. The van der Waals surface area contributed by atoms with E-state index in [-0.39, 0.29) is 5.54 Å². The lowest BCUT2D eigenvalue weighted by Crippen LogP contribution is -2.41. The van der Waals surface area contributed by atoms with Crippen molar-refractivity contribution in [1.29, 1.82) is 0 Å². The quantitative estimate of drug-likeness (QED) is 0.767. The zero-order valence-corrected chi connectivity index (χ0v) is 11.3. The number of hydrogen-bond acceptors (Lipinski definition) is 1. The van der Waals surface area contributed by atoms with Crippen LogP contribution in [0.5, 0.6) is 0 Å². The second-order valence-corrected chi connectivity index (χ2v) is 5.11. The third-order valence-corrected chi connectivity index (χ3v) is 4.14. The number of nitrogens with zero attached hydrogens (tertiary/aromatic N) is 1. The van der Waals surface area contributed by atoms with Crippen LogP contribution in [-0.2, 0) is 6.54 Å². The van der Waals surface area contributed by atoms with Crippen molar-refractivity contribution in [3.8, 4) is 0 Å². The molecule has 0 aliphatic carbocycles. The van der Waals surface area contributed by atoms with E-state index in [1.165, 1.54) is 12.1 Å². The molecule has 1 aromatic carbocycles. The molecule has 0 spiro atoms. The molecule has 0 aliphatic rings. The van der Waals surface area contributed by atoms with Crippen LogP contribution in [0.3, 0.4) is 0 Å². The Morgan fingerprint density at radius 1 is 1.25 bits per heavy atom. The lowest BCUT2D eigenvalue weighted by atomic mass is 10.1. The van der Waals surface area contributed by atoms with Crippen molar-refractivity contribution in [2.45, 2.75) is 25.9 Å². The summed E-state index contributed by atoms with van der Waals surface area (Å²) in [7, 11) is 1.96. The average molecular weight is 292 g/mol. The third kappa shape index (κ3) is 3.25. The molecule has 90 valence electrons. The minimum atomic E-state index is -0.800. The van der Waals surface area contributed by atoms with Crippen molar-refractivity contribution < 1.29 is 8.78 Å². The Kier molecular flexibility index (Phi) is 4.44. The lowest BCUT2D eigenvalue weighted by molar-refractivity contribution is 0.173. The first-order valence-electron chi connectivity index (χ1n) is 5.08. The number of halogens is 3. The molecule has 0 unspecified atom stereocenters. The van der Waals surface area contributed by atoms with Crippen molar-refractivity contribution in [3.63, 3.8) is 0 Å². The molecule has 0 saturated carbocycles.